The van der Waals surface area contributed by atoms with Crippen LogP contribution in [-0.4, -0.2) is 29.2 Å². The average molecular weight is 311 g/mol. The number of nitrogens with zero attached hydrogens (tertiary/aromatic N) is 1. The van der Waals surface area contributed by atoms with Gasteiger partial charge in [-0.2, -0.15) is 0 Å². The first-order chi connectivity index (χ1) is 11.2. The molecule has 0 radical (unpaired) electrons. The summed E-state index contributed by atoms with van der Waals surface area (Å²) in [4.78, 5) is 2.41. The fourth-order valence-electron chi connectivity index (χ4n) is 3.09. The molecule has 1 fully saturated rings. The topological polar surface area (TPSA) is 32.7 Å². The Morgan fingerprint density at radius 3 is 2.48 bits per heavy atom. The lowest BCUT2D eigenvalue weighted by molar-refractivity contribution is 0.127. The van der Waals surface area contributed by atoms with Crippen molar-refractivity contribution in [2.24, 2.45) is 5.92 Å². The van der Waals surface area contributed by atoms with Crippen LogP contribution in [0, 0.1) is 5.92 Å². The van der Waals surface area contributed by atoms with Gasteiger partial charge in [-0.15, -0.1) is 0 Å². The maximum atomic E-state index is 9.68. The minimum Gasteiger partial charge on any atom is -0.489 e. The van der Waals surface area contributed by atoms with Crippen molar-refractivity contribution in [2.75, 3.05) is 13.1 Å². The van der Waals surface area contributed by atoms with Crippen LogP contribution in [-0.2, 0) is 13.2 Å². The molecule has 2 aromatic rings. The van der Waals surface area contributed by atoms with Crippen molar-refractivity contribution < 1.29 is 9.84 Å². The zero-order chi connectivity index (χ0) is 16.1. The van der Waals surface area contributed by atoms with Crippen molar-refractivity contribution in [3.8, 4) is 5.75 Å². The number of aliphatic hydroxyl groups excluding tert-OH is 1. The summed E-state index contributed by atoms with van der Waals surface area (Å²) in [6.45, 7) is 5.50. The minimum atomic E-state index is -0.200. The van der Waals surface area contributed by atoms with Gasteiger partial charge in [0, 0.05) is 13.1 Å². The smallest absolute Gasteiger partial charge is 0.119 e. The van der Waals surface area contributed by atoms with E-state index in [0.29, 0.717) is 12.5 Å². The molecular formula is C20H25NO2. The average Bonchev–Trinajstić information content (AvgIpc) is 3.04. The van der Waals surface area contributed by atoms with Crippen molar-refractivity contribution in [1.29, 1.82) is 0 Å². The van der Waals surface area contributed by atoms with Crippen LogP contribution in [0.3, 0.4) is 0 Å². The van der Waals surface area contributed by atoms with Gasteiger partial charge in [-0.25, -0.2) is 0 Å². The quantitative estimate of drug-likeness (QED) is 0.886. The third-order valence-electron chi connectivity index (χ3n) is 4.57. The van der Waals surface area contributed by atoms with E-state index in [1.54, 1.807) is 0 Å². The Kier molecular flexibility index (Phi) is 5.31. The van der Waals surface area contributed by atoms with E-state index in [9.17, 15) is 5.11 Å². The molecule has 2 unspecified atom stereocenters. The van der Waals surface area contributed by atoms with Gasteiger partial charge in [0.15, 0.2) is 0 Å². The highest BCUT2D eigenvalue weighted by molar-refractivity contribution is 5.28. The maximum Gasteiger partial charge on any atom is 0.119 e. The van der Waals surface area contributed by atoms with Gasteiger partial charge in [-0.05, 0) is 49.1 Å². The van der Waals surface area contributed by atoms with E-state index in [4.69, 9.17) is 4.74 Å². The van der Waals surface area contributed by atoms with E-state index < -0.39 is 0 Å². The SMILES string of the molecule is CC(O)C1CCN(Cc2ccc(OCc3ccccc3)cc2)C1. The molecule has 0 saturated carbocycles. The molecule has 3 rings (SSSR count). The summed E-state index contributed by atoms with van der Waals surface area (Å²) in [5, 5.41) is 9.68. The molecule has 122 valence electrons. The van der Waals surface area contributed by atoms with Gasteiger partial charge >= 0.3 is 0 Å². The van der Waals surface area contributed by atoms with Crippen molar-refractivity contribution in [3.05, 3.63) is 65.7 Å². The fraction of sp³-hybridized carbons (Fsp3) is 0.400. The number of hydrogen-bond acceptors (Lipinski definition) is 3. The standard InChI is InChI=1S/C20H25NO2/c1-16(22)19-11-12-21(14-19)13-17-7-9-20(10-8-17)23-15-18-5-3-2-4-6-18/h2-10,16,19,22H,11-15H2,1H3. The third kappa shape index (κ3) is 4.57. The highest BCUT2D eigenvalue weighted by Crippen LogP contribution is 2.22. The normalized spacial score (nSPS) is 19.7. The zero-order valence-corrected chi connectivity index (χ0v) is 13.7. The van der Waals surface area contributed by atoms with Crippen molar-refractivity contribution in [3.63, 3.8) is 0 Å². The molecule has 2 atom stereocenters. The summed E-state index contributed by atoms with van der Waals surface area (Å²) in [5.74, 6) is 1.32. The molecular weight excluding hydrogens is 286 g/mol. The number of benzene rings is 2. The minimum absolute atomic E-state index is 0.200. The summed E-state index contributed by atoms with van der Waals surface area (Å²) in [6.07, 6.45) is 0.893. The van der Waals surface area contributed by atoms with Gasteiger partial charge in [0.2, 0.25) is 0 Å². The van der Waals surface area contributed by atoms with Gasteiger partial charge < -0.3 is 9.84 Å². The Labute approximate surface area is 138 Å². The molecule has 0 aromatic heterocycles. The molecule has 1 heterocycles. The van der Waals surface area contributed by atoms with Gasteiger partial charge in [0.25, 0.3) is 0 Å². The van der Waals surface area contributed by atoms with Gasteiger partial charge in [-0.3, -0.25) is 4.90 Å². The maximum absolute atomic E-state index is 9.68. The Morgan fingerprint density at radius 1 is 1.09 bits per heavy atom. The van der Waals surface area contributed by atoms with Crippen LogP contribution in [0.5, 0.6) is 5.75 Å². The van der Waals surface area contributed by atoms with Crippen molar-refractivity contribution >= 4 is 0 Å². The summed E-state index contributed by atoms with van der Waals surface area (Å²) in [5.41, 5.74) is 2.47. The highest BCUT2D eigenvalue weighted by atomic mass is 16.5. The molecule has 1 saturated heterocycles. The lowest BCUT2D eigenvalue weighted by Gasteiger charge is -2.17. The van der Waals surface area contributed by atoms with E-state index in [0.717, 1.165) is 31.8 Å². The number of hydrogen-bond donors (Lipinski definition) is 1. The second kappa shape index (κ2) is 7.62. The number of likely N-dealkylation sites (tertiary alicyclic amines) is 1. The molecule has 3 heteroatoms. The van der Waals surface area contributed by atoms with E-state index in [1.807, 2.05) is 37.3 Å². The molecule has 1 aliphatic heterocycles. The largest absolute Gasteiger partial charge is 0.489 e. The predicted molar refractivity (Wildman–Crippen MR) is 92.3 cm³/mol. The van der Waals surface area contributed by atoms with E-state index in [-0.39, 0.29) is 6.10 Å². The molecule has 2 aromatic carbocycles. The van der Waals surface area contributed by atoms with Gasteiger partial charge in [0.05, 0.1) is 6.10 Å². The fourth-order valence-corrected chi connectivity index (χ4v) is 3.09. The number of rotatable bonds is 6. The van der Waals surface area contributed by atoms with Crippen LogP contribution in [0.2, 0.25) is 0 Å². The van der Waals surface area contributed by atoms with E-state index in [1.165, 1.54) is 11.1 Å². The lowest BCUT2D eigenvalue weighted by atomic mass is 10.0. The van der Waals surface area contributed by atoms with E-state index in [2.05, 4.69) is 29.2 Å². The summed E-state index contributed by atoms with van der Waals surface area (Å²) in [7, 11) is 0. The van der Waals surface area contributed by atoms with Crippen LogP contribution >= 0.6 is 0 Å². The molecule has 1 aliphatic rings. The number of aliphatic hydroxyl groups is 1. The Morgan fingerprint density at radius 2 is 1.83 bits per heavy atom. The van der Waals surface area contributed by atoms with Crippen LogP contribution in [0.15, 0.2) is 54.6 Å². The van der Waals surface area contributed by atoms with Crippen LogP contribution in [0.1, 0.15) is 24.5 Å². The molecule has 0 amide bonds. The van der Waals surface area contributed by atoms with E-state index >= 15 is 0 Å². The zero-order valence-electron chi connectivity index (χ0n) is 13.7. The lowest BCUT2D eigenvalue weighted by Crippen LogP contribution is -2.23. The Hall–Kier alpha value is -1.84. The first-order valence-electron chi connectivity index (χ1n) is 8.37. The molecule has 0 spiro atoms. The van der Waals surface area contributed by atoms with Gasteiger partial charge in [-0.1, -0.05) is 42.5 Å². The first-order valence-corrected chi connectivity index (χ1v) is 8.37. The van der Waals surface area contributed by atoms with Crippen molar-refractivity contribution in [2.45, 2.75) is 32.6 Å². The highest BCUT2D eigenvalue weighted by Gasteiger charge is 2.25. The Bertz CT molecular complexity index is 595. The molecule has 23 heavy (non-hydrogen) atoms. The third-order valence-corrected chi connectivity index (χ3v) is 4.57. The summed E-state index contributed by atoms with van der Waals surface area (Å²) in [6, 6.07) is 18.6. The summed E-state index contributed by atoms with van der Waals surface area (Å²) < 4.78 is 5.82. The molecule has 0 bridgehead atoms. The van der Waals surface area contributed by atoms with Crippen LogP contribution in [0.25, 0.3) is 0 Å². The molecule has 0 aliphatic carbocycles. The van der Waals surface area contributed by atoms with Crippen LogP contribution < -0.4 is 4.74 Å². The Balaban J connectivity index is 1.49. The van der Waals surface area contributed by atoms with Crippen LogP contribution in [0.4, 0.5) is 0 Å². The molecule has 1 N–H and O–H groups in total. The second-order valence-corrected chi connectivity index (χ2v) is 6.44. The second-order valence-electron chi connectivity index (χ2n) is 6.44. The van der Waals surface area contributed by atoms with Crippen molar-refractivity contribution in [1.82, 2.24) is 4.90 Å². The first kappa shape index (κ1) is 16.0. The predicted octanol–water partition coefficient (Wildman–Crippen LogP) is 3.47. The summed E-state index contributed by atoms with van der Waals surface area (Å²) >= 11 is 0. The molecule has 3 nitrogen and oxygen atoms in total. The van der Waals surface area contributed by atoms with Gasteiger partial charge in [0.1, 0.15) is 12.4 Å². The number of ether oxygens (including phenoxy) is 1. The monoisotopic (exact) mass is 311 g/mol.